The van der Waals surface area contributed by atoms with E-state index >= 15 is 0 Å². The predicted molar refractivity (Wildman–Crippen MR) is 49.3 cm³/mol. The van der Waals surface area contributed by atoms with Crippen LogP contribution in [0.25, 0.3) is 0 Å². The molecule has 1 amide bonds. The van der Waals surface area contributed by atoms with Crippen molar-refractivity contribution in [1.82, 2.24) is 9.80 Å². The lowest BCUT2D eigenvalue weighted by atomic mass is 10.2. The molecular weight excluding hydrogens is 171 g/mol. The highest BCUT2D eigenvalue weighted by molar-refractivity contribution is 5.81. The Morgan fingerprint density at radius 2 is 2.23 bits per heavy atom. The molecule has 1 rings (SSSR count). The van der Waals surface area contributed by atoms with Crippen molar-refractivity contribution >= 4 is 5.91 Å². The molecule has 13 heavy (non-hydrogen) atoms. The summed E-state index contributed by atoms with van der Waals surface area (Å²) >= 11 is 0. The van der Waals surface area contributed by atoms with Gasteiger partial charge in [0.1, 0.15) is 0 Å². The predicted octanol–water partition coefficient (Wildman–Crippen LogP) is 0.508. The Labute approximate surface area is 78.5 Å². The molecule has 1 saturated heterocycles. The molecule has 0 saturated carbocycles. The fourth-order valence-corrected chi connectivity index (χ4v) is 1.63. The van der Waals surface area contributed by atoms with Gasteiger partial charge < -0.3 is 4.90 Å². The van der Waals surface area contributed by atoms with Crippen LogP contribution >= 0.6 is 0 Å². The first kappa shape index (κ1) is 10.4. The molecule has 1 aliphatic rings. The minimum Gasteiger partial charge on any atom is -0.343 e. The number of piperazine rings is 1. The summed E-state index contributed by atoms with van der Waals surface area (Å²) in [6.45, 7) is 3.90. The van der Waals surface area contributed by atoms with E-state index in [1.807, 2.05) is 18.9 Å². The van der Waals surface area contributed by atoms with Crippen molar-refractivity contribution in [3.8, 4) is 0 Å². The molecule has 1 atom stereocenters. The first-order valence-electron chi connectivity index (χ1n) is 4.72. The quantitative estimate of drug-likeness (QED) is 0.644. The Hall–Kier alpha value is -0.640. The average Bonchev–Trinajstić information content (AvgIpc) is 2.13. The van der Waals surface area contributed by atoms with Gasteiger partial charge in [0, 0.05) is 26.7 Å². The van der Waals surface area contributed by atoms with E-state index in [2.05, 4.69) is 0 Å². The Morgan fingerprint density at radius 1 is 1.54 bits per heavy atom. The van der Waals surface area contributed by atoms with Gasteiger partial charge in [0.15, 0.2) is 0 Å². The molecule has 0 N–H and O–H groups in total. The highest BCUT2D eigenvalue weighted by Crippen LogP contribution is 2.09. The normalized spacial score (nSPS) is 25.3. The van der Waals surface area contributed by atoms with Crippen LogP contribution in [0.2, 0.25) is 0 Å². The van der Waals surface area contributed by atoms with Gasteiger partial charge >= 0.3 is 0 Å². The van der Waals surface area contributed by atoms with Crippen molar-refractivity contribution in [3.63, 3.8) is 0 Å². The molecule has 0 aromatic carbocycles. The second kappa shape index (κ2) is 4.56. The minimum absolute atomic E-state index is 0.0784. The molecule has 1 fully saturated rings. The molecule has 4 heteroatoms. The van der Waals surface area contributed by atoms with E-state index in [4.69, 9.17) is 0 Å². The zero-order valence-corrected chi connectivity index (χ0v) is 8.29. The molecule has 0 aromatic heterocycles. The Morgan fingerprint density at radius 3 is 2.85 bits per heavy atom. The standard InChI is InChI=1S/C9H17FN2O/c1-8-9(13)11(2)6-7-12(8)5-3-4-10/h8H,3-7H2,1-2H3. The number of hydrogen-bond acceptors (Lipinski definition) is 2. The molecule has 76 valence electrons. The van der Waals surface area contributed by atoms with Crippen molar-refractivity contribution in [3.05, 3.63) is 0 Å². The summed E-state index contributed by atoms with van der Waals surface area (Å²) in [6, 6.07) is -0.0784. The molecule has 0 aromatic rings. The third-order valence-corrected chi connectivity index (χ3v) is 2.58. The van der Waals surface area contributed by atoms with Gasteiger partial charge in [-0.1, -0.05) is 0 Å². The number of carbonyl (C=O) groups excluding carboxylic acids is 1. The van der Waals surface area contributed by atoms with Crippen LogP contribution in [0.1, 0.15) is 13.3 Å². The van der Waals surface area contributed by atoms with E-state index in [1.54, 1.807) is 4.90 Å². The van der Waals surface area contributed by atoms with Gasteiger partial charge in [0.25, 0.3) is 0 Å². The summed E-state index contributed by atoms with van der Waals surface area (Å²) in [6.07, 6.45) is 0.529. The van der Waals surface area contributed by atoms with E-state index in [0.29, 0.717) is 13.0 Å². The molecule has 0 aliphatic carbocycles. The molecule has 1 heterocycles. The second-order valence-corrected chi connectivity index (χ2v) is 3.51. The van der Waals surface area contributed by atoms with Gasteiger partial charge in [-0.25, -0.2) is 0 Å². The van der Waals surface area contributed by atoms with Crippen LogP contribution in [-0.2, 0) is 4.79 Å². The van der Waals surface area contributed by atoms with E-state index in [9.17, 15) is 9.18 Å². The number of likely N-dealkylation sites (N-methyl/N-ethyl adjacent to an activating group) is 1. The number of halogens is 1. The summed E-state index contributed by atoms with van der Waals surface area (Å²) in [5, 5.41) is 0. The summed E-state index contributed by atoms with van der Waals surface area (Å²) in [7, 11) is 1.81. The van der Waals surface area contributed by atoms with Crippen LogP contribution < -0.4 is 0 Å². The van der Waals surface area contributed by atoms with Crippen molar-refractivity contribution in [1.29, 1.82) is 0 Å². The van der Waals surface area contributed by atoms with E-state index in [-0.39, 0.29) is 18.6 Å². The smallest absolute Gasteiger partial charge is 0.239 e. The maximum absolute atomic E-state index is 11.9. The van der Waals surface area contributed by atoms with Gasteiger partial charge in [-0.2, -0.15) is 0 Å². The minimum atomic E-state index is -0.298. The number of hydrogen-bond donors (Lipinski definition) is 0. The molecule has 0 spiro atoms. The molecule has 0 bridgehead atoms. The van der Waals surface area contributed by atoms with Crippen LogP contribution in [0.4, 0.5) is 4.39 Å². The first-order chi connectivity index (χ1) is 6.16. The van der Waals surface area contributed by atoms with Crippen LogP contribution in [-0.4, -0.2) is 55.1 Å². The highest BCUT2D eigenvalue weighted by Gasteiger charge is 2.28. The largest absolute Gasteiger partial charge is 0.343 e. The van der Waals surface area contributed by atoms with E-state index in [1.165, 1.54) is 0 Å². The van der Waals surface area contributed by atoms with Gasteiger partial charge in [0.05, 0.1) is 12.7 Å². The van der Waals surface area contributed by atoms with Gasteiger partial charge in [0.2, 0.25) is 5.91 Å². The fourth-order valence-electron chi connectivity index (χ4n) is 1.63. The van der Waals surface area contributed by atoms with Crippen LogP contribution in [0.5, 0.6) is 0 Å². The zero-order valence-electron chi connectivity index (χ0n) is 8.29. The Bertz CT molecular complexity index is 184. The Balaban J connectivity index is 2.44. The maximum atomic E-state index is 11.9. The van der Waals surface area contributed by atoms with Crippen molar-refractivity contribution in [2.24, 2.45) is 0 Å². The number of carbonyl (C=O) groups is 1. The number of rotatable bonds is 3. The van der Waals surface area contributed by atoms with E-state index < -0.39 is 0 Å². The molecular formula is C9H17FN2O. The van der Waals surface area contributed by atoms with E-state index in [0.717, 1.165) is 13.1 Å². The average molecular weight is 188 g/mol. The summed E-state index contributed by atoms with van der Waals surface area (Å²) in [4.78, 5) is 15.3. The molecule has 1 aliphatic heterocycles. The monoisotopic (exact) mass is 188 g/mol. The molecule has 0 radical (unpaired) electrons. The van der Waals surface area contributed by atoms with Crippen LogP contribution in [0.15, 0.2) is 0 Å². The third-order valence-electron chi connectivity index (χ3n) is 2.58. The van der Waals surface area contributed by atoms with Crippen molar-refractivity contribution in [2.45, 2.75) is 19.4 Å². The number of alkyl halides is 1. The SMILES string of the molecule is CC1C(=O)N(C)CCN1CCCF. The summed E-state index contributed by atoms with van der Waals surface area (Å²) in [5.41, 5.74) is 0. The second-order valence-electron chi connectivity index (χ2n) is 3.51. The highest BCUT2D eigenvalue weighted by atomic mass is 19.1. The zero-order chi connectivity index (χ0) is 9.84. The van der Waals surface area contributed by atoms with Crippen molar-refractivity contribution < 1.29 is 9.18 Å². The van der Waals surface area contributed by atoms with Gasteiger partial charge in [-0.05, 0) is 13.3 Å². The maximum Gasteiger partial charge on any atom is 0.239 e. The third kappa shape index (κ3) is 2.40. The summed E-state index contributed by atoms with van der Waals surface area (Å²) in [5.74, 6) is 0.144. The number of nitrogens with zero attached hydrogens (tertiary/aromatic N) is 2. The number of amides is 1. The van der Waals surface area contributed by atoms with Crippen LogP contribution in [0, 0.1) is 0 Å². The van der Waals surface area contributed by atoms with Gasteiger partial charge in [-0.3, -0.25) is 14.1 Å². The molecule has 1 unspecified atom stereocenters. The fraction of sp³-hybridized carbons (Fsp3) is 0.889. The lowest BCUT2D eigenvalue weighted by Gasteiger charge is -2.37. The Kier molecular flexibility index (Phi) is 3.66. The van der Waals surface area contributed by atoms with Crippen LogP contribution in [0.3, 0.4) is 0 Å². The first-order valence-corrected chi connectivity index (χ1v) is 4.72. The summed E-state index contributed by atoms with van der Waals surface area (Å²) < 4.78 is 11.9. The van der Waals surface area contributed by atoms with Gasteiger partial charge in [-0.15, -0.1) is 0 Å². The van der Waals surface area contributed by atoms with Crippen molar-refractivity contribution in [2.75, 3.05) is 33.4 Å². The lowest BCUT2D eigenvalue weighted by Crippen LogP contribution is -2.54. The topological polar surface area (TPSA) is 23.6 Å². The molecule has 3 nitrogen and oxygen atoms in total. The lowest BCUT2D eigenvalue weighted by molar-refractivity contribution is -0.139.